The molecule has 2 heterocycles. The van der Waals surface area contributed by atoms with E-state index in [4.69, 9.17) is 4.74 Å². The largest absolute Gasteiger partial charge is 0.491 e. The fourth-order valence-electron chi connectivity index (χ4n) is 2.52. The Morgan fingerprint density at radius 3 is 2.74 bits per heavy atom. The van der Waals surface area contributed by atoms with E-state index >= 15 is 0 Å². The summed E-state index contributed by atoms with van der Waals surface area (Å²) in [5.41, 5.74) is 0.739. The number of benzene rings is 1. The molecule has 2 aromatic heterocycles. The fourth-order valence-corrected chi connectivity index (χ4v) is 2.52. The van der Waals surface area contributed by atoms with Gasteiger partial charge < -0.3 is 14.5 Å². The standard InChI is InChI=1S/C19H18F3N3O2/c1-3-8-27-16-5-4-13(19(20,21)22)10-14(16)24-18(26)15-11-25-7-6-12(2)9-17(25)23-15/h4-7,9-11H,3,8H2,1-2H3,(H,24,26). The van der Waals surface area contributed by atoms with Gasteiger partial charge in [0.15, 0.2) is 0 Å². The van der Waals surface area contributed by atoms with Crippen LogP contribution in [0.2, 0.25) is 0 Å². The second-order valence-corrected chi connectivity index (χ2v) is 6.11. The highest BCUT2D eigenvalue weighted by Gasteiger charge is 2.31. The zero-order chi connectivity index (χ0) is 19.6. The monoisotopic (exact) mass is 377 g/mol. The molecule has 0 unspecified atom stereocenters. The van der Waals surface area contributed by atoms with Crippen molar-refractivity contribution < 1.29 is 22.7 Å². The van der Waals surface area contributed by atoms with E-state index < -0.39 is 17.6 Å². The molecule has 142 valence electrons. The Kier molecular flexibility index (Phi) is 5.07. The number of hydrogen-bond acceptors (Lipinski definition) is 3. The number of hydrogen-bond donors (Lipinski definition) is 1. The smallest absolute Gasteiger partial charge is 0.416 e. The zero-order valence-electron chi connectivity index (χ0n) is 14.8. The summed E-state index contributed by atoms with van der Waals surface area (Å²) in [4.78, 5) is 16.8. The topological polar surface area (TPSA) is 55.6 Å². The number of rotatable bonds is 5. The third kappa shape index (κ3) is 4.21. The van der Waals surface area contributed by atoms with Crippen molar-refractivity contribution in [1.82, 2.24) is 9.38 Å². The molecule has 0 radical (unpaired) electrons. The predicted molar refractivity (Wildman–Crippen MR) is 95.1 cm³/mol. The average Bonchev–Trinajstić information content (AvgIpc) is 3.03. The number of carbonyl (C=O) groups is 1. The third-order valence-electron chi connectivity index (χ3n) is 3.87. The van der Waals surface area contributed by atoms with Gasteiger partial charge in [0, 0.05) is 12.4 Å². The quantitative estimate of drug-likeness (QED) is 0.701. The lowest BCUT2D eigenvalue weighted by Gasteiger charge is -2.14. The van der Waals surface area contributed by atoms with E-state index in [2.05, 4.69) is 10.3 Å². The van der Waals surface area contributed by atoms with Gasteiger partial charge in [0.05, 0.1) is 17.9 Å². The molecule has 1 aromatic carbocycles. The first kappa shape index (κ1) is 18.8. The minimum Gasteiger partial charge on any atom is -0.491 e. The van der Waals surface area contributed by atoms with Gasteiger partial charge in [-0.2, -0.15) is 13.2 Å². The van der Waals surface area contributed by atoms with Crippen molar-refractivity contribution in [3.63, 3.8) is 0 Å². The summed E-state index contributed by atoms with van der Waals surface area (Å²) < 4.78 is 46.2. The van der Waals surface area contributed by atoms with Gasteiger partial charge in [-0.1, -0.05) is 6.92 Å². The molecule has 0 aliphatic heterocycles. The van der Waals surface area contributed by atoms with Crippen molar-refractivity contribution in [2.24, 2.45) is 0 Å². The van der Waals surface area contributed by atoms with Crippen LogP contribution in [0.1, 0.15) is 35.0 Å². The number of aromatic nitrogens is 2. The first-order chi connectivity index (χ1) is 12.8. The van der Waals surface area contributed by atoms with Crippen LogP contribution in [-0.4, -0.2) is 21.9 Å². The van der Waals surface area contributed by atoms with Crippen LogP contribution in [0.5, 0.6) is 5.75 Å². The highest BCUT2D eigenvalue weighted by Crippen LogP contribution is 2.35. The average molecular weight is 377 g/mol. The molecule has 0 fully saturated rings. The predicted octanol–water partition coefficient (Wildman–Crippen LogP) is 4.70. The summed E-state index contributed by atoms with van der Waals surface area (Å²) in [7, 11) is 0. The van der Waals surface area contributed by atoms with Crippen molar-refractivity contribution in [2.75, 3.05) is 11.9 Å². The Labute approximate surface area is 153 Å². The van der Waals surface area contributed by atoms with Gasteiger partial charge in [-0.3, -0.25) is 4.79 Å². The lowest BCUT2D eigenvalue weighted by molar-refractivity contribution is -0.137. The minimum absolute atomic E-state index is 0.0449. The molecular formula is C19H18F3N3O2. The number of halogens is 3. The van der Waals surface area contributed by atoms with E-state index in [1.54, 1.807) is 16.7 Å². The van der Waals surface area contributed by atoms with Crippen LogP contribution in [-0.2, 0) is 6.18 Å². The third-order valence-corrected chi connectivity index (χ3v) is 3.87. The van der Waals surface area contributed by atoms with Gasteiger partial charge in [-0.15, -0.1) is 0 Å². The number of nitrogens with zero attached hydrogens (tertiary/aromatic N) is 2. The van der Waals surface area contributed by atoms with E-state index in [1.807, 2.05) is 19.9 Å². The summed E-state index contributed by atoms with van der Waals surface area (Å²) >= 11 is 0. The van der Waals surface area contributed by atoms with Crippen molar-refractivity contribution in [3.05, 3.63) is 59.5 Å². The van der Waals surface area contributed by atoms with Crippen molar-refractivity contribution in [1.29, 1.82) is 0 Å². The van der Waals surface area contributed by atoms with E-state index in [0.29, 0.717) is 18.7 Å². The number of aryl methyl sites for hydroxylation is 1. The molecule has 0 saturated heterocycles. The number of pyridine rings is 1. The van der Waals surface area contributed by atoms with Crippen molar-refractivity contribution in [3.8, 4) is 5.75 Å². The molecule has 0 aliphatic carbocycles. The Balaban J connectivity index is 1.92. The molecule has 1 amide bonds. The van der Waals surface area contributed by atoms with Gasteiger partial charge in [-0.05, 0) is 49.2 Å². The van der Waals surface area contributed by atoms with E-state index in [0.717, 1.165) is 17.7 Å². The lowest BCUT2D eigenvalue weighted by Crippen LogP contribution is -2.15. The summed E-state index contributed by atoms with van der Waals surface area (Å²) in [5.74, 6) is -0.435. The molecule has 0 atom stereocenters. The highest BCUT2D eigenvalue weighted by molar-refractivity contribution is 6.04. The van der Waals surface area contributed by atoms with Crippen molar-refractivity contribution in [2.45, 2.75) is 26.4 Å². The normalized spacial score (nSPS) is 11.6. The minimum atomic E-state index is -4.52. The number of fused-ring (bicyclic) bond motifs is 1. The summed E-state index contributed by atoms with van der Waals surface area (Å²) in [6.45, 7) is 4.09. The van der Waals surface area contributed by atoms with Crippen LogP contribution in [0.4, 0.5) is 18.9 Å². The lowest BCUT2D eigenvalue weighted by atomic mass is 10.1. The zero-order valence-corrected chi connectivity index (χ0v) is 14.8. The number of ether oxygens (including phenoxy) is 1. The molecule has 3 aromatic rings. The Morgan fingerprint density at radius 2 is 2.04 bits per heavy atom. The molecule has 0 saturated carbocycles. The summed E-state index contributed by atoms with van der Waals surface area (Å²) in [5, 5.41) is 2.48. The van der Waals surface area contributed by atoms with Gasteiger partial charge >= 0.3 is 6.18 Å². The summed E-state index contributed by atoms with van der Waals surface area (Å²) in [6.07, 6.45) is -0.567. The number of imidazole rings is 1. The number of alkyl halides is 3. The molecule has 0 aliphatic rings. The number of amides is 1. The van der Waals surface area contributed by atoms with E-state index in [9.17, 15) is 18.0 Å². The number of carbonyl (C=O) groups excluding carboxylic acids is 1. The van der Waals surface area contributed by atoms with E-state index in [1.165, 1.54) is 12.3 Å². The maximum atomic E-state index is 13.0. The van der Waals surface area contributed by atoms with Crippen LogP contribution in [0.15, 0.2) is 42.7 Å². The van der Waals surface area contributed by atoms with Crippen LogP contribution in [0.3, 0.4) is 0 Å². The van der Waals surface area contributed by atoms with E-state index in [-0.39, 0.29) is 17.1 Å². The molecule has 8 heteroatoms. The van der Waals surface area contributed by atoms with Crippen LogP contribution >= 0.6 is 0 Å². The molecular weight excluding hydrogens is 359 g/mol. The second-order valence-electron chi connectivity index (χ2n) is 6.11. The first-order valence-electron chi connectivity index (χ1n) is 8.38. The Bertz CT molecular complexity index is 980. The van der Waals surface area contributed by atoms with Gasteiger partial charge in [0.1, 0.15) is 17.1 Å². The SMILES string of the molecule is CCCOc1ccc(C(F)(F)F)cc1NC(=O)c1cn2ccc(C)cc2n1. The summed E-state index contributed by atoms with van der Waals surface area (Å²) in [6, 6.07) is 6.66. The maximum absolute atomic E-state index is 13.0. The Morgan fingerprint density at radius 1 is 1.26 bits per heavy atom. The highest BCUT2D eigenvalue weighted by atomic mass is 19.4. The maximum Gasteiger partial charge on any atom is 0.416 e. The molecule has 5 nitrogen and oxygen atoms in total. The molecule has 1 N–H and O–H groups in total. The molecule has 0 spiro atoms. The van der Waals surface area contributed by atoms with Crippen molar-refractivity contribution >= 4 is 17.2 Å². The second kappa shape index (κ2) is 7.30. The fraction of sp³-hybridized carbons (Fsp3) is 0.263. The van der Waals surface area contributed by atoms with Gasteiger partial charge in [0.2, 0.25) is 0 Å². The Hall–Kier alpha value is -3.03. The van der Waals surface area contributed by atoms with Gasteiger partial charge in [0.25, 0.3) is 5.91 Å². The first-order valence-corrected chi connectivity index (χ1v) is 8.38. The molecule has 0 bridgehead atoms. The van der Waals surface area contributed by atoms with Crippen LogP contribution < -0.4 is 10.1 Å². The number of nitrogens with one attached hydrogen (secondary N) is 1. The molecule has 3 rings (SSSR count). The van der Waals surface area contributed by atoms with Gasteiger partial charge in [-0.25, -0.2) is 4.98 Å². The van der Waals surface area contributed by atoms with Crippen LogP contribution in [0.25, 0.3) is 5.65 Å². The molecule has 27 heavy (non-hydrogen) atoms. The van der Waals surface area contributed by atoms with Crippen LogP contribution in [0, 0.1) is 6.92 Å². The number of anilines is 1.